The fraction of sp³-hybridized carbons (Fsp3) is 0.214. The number of amides is 3. The number of sulfonamides is 1. The van der Waals surface area contributed by atoms with Crippen LogP contribution in [0.15, 0.2) is 88.9 Å². The van der Waals surface area contributed by atoms with Gasteiger partial charge in [0.15, 0.2) is 6.61 Å². The first-order valence-corrected chi connectivity index (χ1v) is 13.7. The fourth-order valence-electron chi connectivity index (χ4n) is 3.50. The molecule has 3 rings (SSSR count). The van der Waals surface area contributed by atoms with Crippen LogP contribution in [0.2, 0.25) is 0 Å². The third-order valence-corrected chi connectivity index (χ3v) is 7.40. The lowest BCUT2D eigenvalue weighted by Crippen LogP contribution is -2.36. The van der Waals surface area contributed by atoms with Gasteiger partial charge in [-0.15, -0.1) is 0 Å². The molecule has 0 fully saturated rings. The first-order valence-electron chi connectivity index (χ1n) is 12.3. The second-order valence-electron chi connectivity index (χ2n) is 8.82. The Balaban J connectivity index is 1.44. The minimum Gasteiger partial charge on any atom is -0.484 e. The highest BCUT2D eigenvalue weighted by Crippen LogP contribution is 2.17. The van der Waals surface area contributed by atoms with E-state index >= 15 is 0 Å². The zero-order valence-corrected chi connectivity index (χ0v) is 23.1. The number of likely N-dealkylation sites (N-methyl/N-ethyl adjacent to an activating group) is 1. The van der Waals surface area contributed by atoms with Crippen molar-refractivity contribution in [2.24, 2.45) is 5.10 Å². The lowest BCUT2D eigenvalue weighted by Gasteiger charge is -2.16. The van der Waals surface area contributed by atoms with Gasteiger partial charge in [-0.1, -0.05) is 30.3 Å². The summed E-state index contributed by atoms with van der Waals surface area (Å²) in [6.07, 6.45) is 1.39. The number of carbonyl (C=O) groups excluding carboxylic acids is 3. The van der Waals surface area contributed by atoms with Crippen LogP contribution in [0.25, 0.3) is 0 Å². The van der Waals surface area contributed by atoms with Crippen LogP contribution >= 0.6 is 0 Å². The highest BCUT2D eigenvalue weighted by Gasteiger charge is 2.23. The molecule has 40 heavy (non-hydrogen) atoms. The molecule has 0 aliphatic carbocycles. The van der Waals surface area contributed by atoms with Gasteiger partial charge < -0.3 is 15.4 Å². The lowest BCUT2D eigenvalue weighted by molar-refractivity contribution is -0.124. The summed E-state index contributed by atoms with van der Waals surface area (Å²) in [5.74, 6) is -0.671. The average molecular weight is 566 g/mol. The Bertz CT molecular complexity index is 1440. The molecule has 3 amide bonds. The van der Waals surface area contributed by atoms with Gasteiger partial charge in [-0.2, -0.15) is 9.41 Å². The van der Waals surface area contributed by atoms with Crippen LogP contribution in [0.4, 0.5) is 5.69 Å². The number of anilines is 1. The van der Waals surface area contributed by atoms with Crippen LogP contribution in [0.5, 0.6) is 5.75 Å². The van der Waals surface area contributed by atoms with Crippen LogP contribution in [0, 0.1) is 0 Å². The van der Waals surface area contributed by atoms with Gasteiger partial charge in [-0.05, 0) is 66.6 Å². The van der Waals surface area contributed by atoms with Crippen molar-refractivity contribution in [2.45, 2.75) is 24.8 Å². The van der Waals surface area contributed by atoms with Crippen molar-refractivity contribution in [3.05, 3.63) is 90.0 Å². The molecule has 0 aromatic heterocycles. The second-order valence-corrected chi connectivity index (χ2v) is 10.9. The largest absolute Gasteiger partial charge is 0.484 e. The van der Waals surface area contributed by atoms with E-state index < -0.39 is 22.5 Å². The summed E-state index contributed by atoms with van der Waals surface area (Å²) in [6.45, 7) is 2.65. The molecule has 1 atom stereocenters. The van der Waals surface area contributed by atoms with Crippen molar-refractivity contribution in [3.8, 4) is 5.75 Å². The van der Waals surface area contributed by atoms with E-state index in [0.717, 1.165) is 9.87 Å². The molecule has 0 aliphatic heterocycles. The third-order valence-electron chi connectivity index (χ3n) is 5.58. The molecule has 0 bridgehead atoms. The fourth-order valence-corrected chi connectivity index (χ4v) is 4.63. The van der Waals surface area contributed by atoms with Gasteiger partial charge in [-0.25, -0.2) is 13.8 Å². The van der Waals surface area contributed by atoms with Gasteiger partial charge in [0.05, 0.1) is 23.7 Å². The summed E-state index contributed by atoms with van der Waals surface area (Å²) in [5.41, 5.74) is 4.40. The van der Waals surface area contributed by atoms with E-state index in [1.807, 2.05) is 37.3 Å². The number of hydrazone groups is 1. The zero-order chi connectivity index (χ0) is 29.1. The van der Waals surface area contributed by atoms with Gasteiger partial charge in [0, 0.05) is 19.7 Å². The first-order chi connectivity index (χ1) is 19.0. The Hall–Kier alpha value is -4.55. The monoisotopic (exact) mass is 565 g/mol. The molecule has 11 nitrogen and oxygen atoms in total. The molecular formula is C28H31N5O6S. The highest BCUT2D eigenvalue weighted by atomic mass is 32.2. The number of ether oxygens (including phenoxy) is 1. The zero-order valence-electron chi connectivity index (χ0n) is 22.3. The number of hydrogen-bond donors (Lipinski definition) is 3. The maximum atomic E-state index is 12.7. The molecule has 210 valence electrons. The maximum Gasteiger partial charge on any atom is 0.258 e. The standard InChI is InChI=1S/C28H31N5O6S/c1-20(23-7-5-4-6-8-23)30-28(36)19-39-25-13-9-22(10-14-25)17-29-32-27(35)18-33(3)40(37,38)26-15-11-24(12-16-26)31-21(2)34/h4-17,20H,18-19H2,1-3H3,(H,30,36)(H,31,34)(H,32,35). The van der Waals surface area contributed by atoms with E-state index in [1.165, 1.54) is 44.5 Å². The minimum atomic E-state index is -3.93. The Morgan fingerprint density at radius 1 is 0.950 bits per heavy atom. The summed E-state index contributed by atoms with van der Waals surface area (Å²) < 4.78 is 31.9. The van der Waals surface area contributed by atoms with Crippen molar-refractivity contribution in [3.63, 3.8) is 0 Å². The molecule has 3 aromatic carbocycles. The number of hydrogen-bond acceptors (Lipinski definition) is 7. The van der Waals surface area contributed by atoms with Gasteiger partial charge in [0.25, 0.3) is 11.8 Å². The minimum absolute atomic E-state index is 0.0223. The summed E-state index contributed by atoms with van der Waals surface area (Å²) in [5, 5.41) is 9.30. The van der Waals surface area contributed by atoms with Gasteiger partial charge in [0.2, 0.25) is 15.9 Å². The molecule has 3 aromatic rings. The Morgan fingerprint density at radius 2 is 1.60 bits per heavy atom. The highest BCUT2D eigenvalue weighted by molar-refractivity contribution is 7.89. The number of rotatable bonds is 12. The summed E-state index contributed by atoms with van der Waals surface area (Å²) >= 11 is 0. The van der Waals surface area contributed by atoms with Crippen molar-refractivity contribution in [1.82, 2.24) is 15.0 Å². The molecule has 0 heterocycles. The lowest BCUT2D eigenvalue weighted by atomic mass is 10.1. The van der Waals surface area contributed by atoms with E-state index in [-0.39, 0.29) is 29.4 Å². The predicted octanol–water partition coefficient (Wildman–Crippen LogP) is 2.67. The van der Waals surface area contributed by atoms with Crippen LogP contribution in [0.1, 0.15) is 31.0 Å². The van der Waals surface area contributed by atoms with Crippen molar-refractivity contribution in [1.29, 1.82) is 0 Å². The second kappa shape index (κ2) is 14.0. The SMILES string of the molecule is CC(=O)Nc1ccc(S(=O)(=O)N(C)CC(=O)NN=Cc2ccc(OCC(=O)NC(C)c3ccccc3)cc2)cc1. The molecule has 0 radical (unpaired) electrons. The molecule has 1 unspecified atom stereocenters. The van der Waals surface area contributed by atoms with E-state index in [2.05, 4.69) is 21.2 Å². The maximum absolute atomic E-state index is 12.7. The molecule has 0 saturated carbocycles. The van der Waals surface area contributed by atoms with Gasteiger partial charge >= 0.3 is 0 Å². The van der Waals surface area contributed by atoms with Crippen molar-refractivity contribution < 1.29 is 27.5 Å². The molecule has 0 aliphatic rings. The number of nitrogens with one attached hydrogen (secondary N) is 3. The first kappa shape index (κ1) is 30.0. The van der Waals surface area contributed by atoms with Crippen molar-refractivity contribution >= 4 is 39.6 Å². The van der Waals surface area contributed by atoms with E-state index in [9.17, 15) is 22.8 Å². The summed E-state index contributed by atoms with van der Waals surface area (Å²) in [6, 6.07) is 21.8. The molecule has 12 heteroatoms. The molecule has 3 N–H and O–H groups in total. The normalized spacial score (nSPS) is 12.1. The topological polar surface area (TPSA) is 146 Å². The average Bonchev–Trinajstić information content (AvgIpc) is 2.93. The molecule has 0 saturated heterocycles. The van der Waals surface area contributed by atoms with E-state index in [1.54, 1.807) is 24.3 Å². The number of nitrogens with zero attached hydrogens (tertiary/aromatic N) is 2. The molecule has 0 spiro atoms. The predicted molar refractivity (Wildman–Crippen MR) is 151 cm³/mol. The van der Waals surface area contributed by atoms with Gasteiger partial charge in [0.1, 0.15) is 5.75 Å². The number of carbonyl (C=O) groups is 3. The summed E-state index contributed by atoms with van der Waals surface area (Å²) in [7, 11) is -2.65. The third kappa shape index (κ3) is 9.03. The van der Waals surface area contributed by atoms with Crippen LogP contribution < -0.4 is 20.8 Å². The van der Waals surface area contributed by atoms with E-state index in [4.69, 9.17) is 4.74 Å². The number of benzene rings is 3. The van der Waals surface area contributed by atoms with E-state index in [0.29, 0.717) is 17.0 Å². The van der Waals surface area contributed by atoms with Crippen LogP contribution in [0.3, 0.4) is 0 Å². The Labute approximate surface area is 233 Å². The molecular weight excluding hydrogens is 534 g/mol. The quantitative estimate of drug-likeness (QED) is 0.227. The van der Waals surface area contributed by atoms with Crippen LogP contribution in [-0.4, -0.2) is 56.9 Å². The van der Waals surface area contributed by atoms with Crippen molar-refractivity contribution in [2.75, 3.05) is 25.5 Å². The summed E-state index contributed by atoms with van der Waals surface area (Å²) in [4.78, 5) is 35.5. The van der Waals surface area contributed by atoms with Gasteiger partial charge in [-0.3, -0.25) is 14.4 Å². The smallest absolute Gasteiger partial charge is 0.258 e. The van der Waals surface area contributed by atoms with Crippen LogP contribution in [-0.2, 0) is 24.4 Å². The Morgan fingerprint density at radius 3 is 2.23 bits per heavy atom. The Kier molecular flexibility index (Phi) is 10.5.